The van der Waals surface area contributed by atoms with Crippen LogP contribution in [0.15, 0.2) is 23.1 Å². The summed E-state index contributed by atoms with van der Waals surface area (Å²) in [4.78, 5) is 34.4. The molecule has 2 aromatic heterocycles. The molecular weight excluding hydrogens is 266 g/mol. The van der Waals surface area contributed by atoms with Gasteiger partial charge in [-0.2, -0.15) is 4.98 Å². The molecule has 1 amide bonds. The highest BCUT2D eigenvalue weighted by molar-refractivity contribution is 5.92. The first-order valence-electron chi connectivity index (χ1n) is 5.74. The molecule has 0 aliphatic carbocycles. The molecule has 0 bridgehead atoms. The van der Waals surface area contributed by atoms with Crippen LogP contribution in [0.1, 0.15) is 17.6 Å². The number of hydrogen-bond acceptors (Lipinski definition) is 8. The molecular formula is C11H11N5O4. The minimum absolute atomic E-state index is 0.138. The summed E-state index contributed by atoms with van der Waals surface area (Å²) in [5.41, 5.74) is 0.376. The molecule has 0 saturated heterocycles. The molecule has 0 aliphatic heterocycles. The third-order valence-corrected chi connectivity index (χ3v) is 2.11. The van der Waals surface area contributed by atoms with Gasteiger partial charge in [0.1, 0.15) is 12.2 Å². The van der Waals surface area contributed by atoms with Gasteiger partial charge in [-0.1, -0.05) is 5.16 Å². The lowest BCUT2D eigenvalue weighted by atomic mass is 10.4. The Morgan fingerprint density at radius 3 is 2.95 bits per heavy atom. The van der Waals surface area contributed by atoms with Crippen LogP contribution in [0.2, 0.25) is 0 Å². The van der Waals surface area contributed by atoms with Crippen molar-refractivity contribution >= 4 is 11.9 Å². The summed E-state index contributed by atoms with van der Waals surface area (Å²) < 4.78 is 9.44. The largest absolute Gasteiger partial charge is 0.465 e. The number of carbonyl (C=O) groups is 2. The van der Waals surface area contributed by atoms with Gasteiger partial charge in [0.15, 0.2) is 0 Å². The maximum atomic E-state index is 11.6. The third kappa shape index (κ3) is 3.34. The van der Waals surface area contributed by atoms with Crippen LogP contribution in [0.5, 0.6) is 0 Å². The molecule has 9 heteroatoms. The van der Waals surface area contributed by atoms with E-state index in [9.17, 15) is 9.59 Å². The van der Waals surface area contributed by atoms with Crippen LogP contribution in [0.3, 0.4) is 0 Å². The molecule has 9 nitrogen and oxygen atoms in total. The first-order valence-corrected chi connectivity index (χ1v) is 5.74. The predicted molar refractivity (Wildman–Crippen MR) is 64.3 cm³/mol. The number of esters is 1. The normalized spacial score (nSPS) is 10.1. The summed E-state index contributed by atoms with van der Waals surface area (Å²) in [5.74, 6) is -1.34. The highest BCUT2D eigenvalue weighted by atomic mass is 16.5. The van der Waals surface area contributed by atoms with Crippen LogP contribution in [0.25, 0.3) is 11.5 Å². The van der Waals surface area contributed by atoms with Crippen molar-refractivity contribution in [3.8, 4) is 11.5 Å². The molecule has 20 heavy (non-hydrogen) atoms. The van der Waals surface area contributed by atoms with E-state index in [0.717, 1.165) is 0 Å². The zero-order valence-electron chi connectivity index (χ0n) is 10.6. The Labute approximate surface area is 113 Å². The van der Waals surface area contributed by atoms with Gasteiger partial charge < -0.3 is 14.6 Å². The van der Waals surface area contributed by atoms with Crippen LogP contribution in [-0.4, -0.2) is 45.1 Å². The van der Waals surface area contributed by atoms with E-state index in [1.165, 1.54) is 18.6 Å². The molecule has 0 aliphatic rings. The maximum absolute atomic E-state index is 11.6. The van der Waals surface area contributed by atoms with Crippen molar-refractivity contribution in [1.29, 1.82) is 0 Å². The number of nitrogens with zero attached hydrogens (tertiary/aromatic N) is 4. The Morgan fingerprint density at radius 1 is 1.40 bits per heavy atom. The smallest absolute Gasteiger partial charge is 0.325 e. The molecule has 0 spiro atoms. The molecule has 0 fully saturated rings. The molecule has 2 heterocycles. The first-order chi connectivity index (χ1) is 9.70. The number of hydrogen-bond donors (Lipinski definition) is 1. The standard InChI is InChI=1S/C11H11N5O4/c1-2-19-8(17)6-14-10(18)11-15-9(16-20-11)7-5-12-3-4-13-7/h3-5H,2,6H2,1H3,(H,14,18). The number of aromatic nitrogens is 4. The van der Waals surface area contributed by atoms with Gasteiger partial charge in [0.25, 0.3) is 0 Å². The zero-order chi connectivity index (χ0) is 14.4. The lowest BCUT2D eigenvalue weighted by Crippen LogP contribution is -2.30. The Balaban J connectivity index is 1.98. The van der Waals surface area contributed by atoms with Crippen molar-refractivity contribution in [3.05, 3.63) is 24.5 Å². The van der Waals surface area contributed by atoms with Crippen LogP contribution >= 0.6 is 0 Å². The summed E-state index contributed by atoms with van der Waals surface area (Å²) >= 11 is 0. The number of ether oxygens (including phenoxy) is 1. The number of nitrogens with one attached hydrogen (secondary N) is 1. The van der Waals surface area contributed by atoms with Gasteiger partial charge in [-0.3, -0.25) is 14.6 Å². The average Bonchev–Trinajstić information content (AvgIpc) is 2.96. The summed E-state index contributed by atoms with van der Waals surface area (Å²) in [6.07, 6.45) is 4.40. The van der Waals surface area contributed by atoms with Gasteiger partial charge in [-0.05, 0) is 6.92 Å². The van der Waals surface area contributed by atoms with E-state index < -0.39 is 11.9 Å². The van der Waals surface area contributed by atoms with Crippen molar-refractivity contribution in [1.82, 2.24) is 25.4 Å². The van der Waals surface area contributed by atoms with Gasteiger partial charge in [0.2, 0.25) is 5.82 Å². The second-order valence-electron chi connectivity index (χ2n) is 3.50. The highest BCUT2D eigenvalue weighted by Crippen LogP contribution is 2.10. The molecule has 0 saturated carbocycles. The van der Waals surface area contributed by atoms with Crippen molar-refractivity contribution in [2.24, 2.45) is 0 Å². The van der Waals surface area contributed by atoms with Crippen LogP contribution in [0.4, 0.5) is 0 Å². The van der Waals surface area contributed by atoms with E-state index in [-0.39, 0.29) is 24.9 Å². The van der Waals surface area contributed by atoms with Gasteiger partial charge in [0.05, 0.1) is 12.8 Å². The quantitative estimate of drug-likeness (QED) is 0.747. The Kier molecular flexibility index (Phi) is 4.32. The van der Waals surface area contributed by atoms with E-state index in [2.05, 4.69) is 30.2 Å². The third-order valence-electron chi connectivity index (χ3n) is 2.11. The van der Waals surface area contributed by atoms with Crippen LogP contribution < -0.4 is 5.32 Å². The minimum Gasteiger partial charge on any atom is -0.465 e. The topological polar surface area (TPSA) is 120 Å². The molecule has 1 N–H and O–H groups in total. The lowest BCUT2D eigenvalue weighted by molar-refractivity contribution is -0.141. The summed E-state index contributed by atoms with van der Waals surface area (Å²) in [6.45, 7) is 1.65. The lowest BCUT2D eigenvalue weighted by Gasteiger charge is -2.01. The van der Waals surface area contributed by atoms with Crippen LogP contribution in [-0.2, 0) is 9.53 Å². The fourth-order valence-corrected chi connectivity index (χ4v) is 1.27. The number of carbonyl (C=O) groups excluding carboxylic acids is 2. The molecule has 2 aromatic rings. The van der Waals surface area contributed by atoms with E-state index >= 15 is 0 Å². The minimum atomic E-state index is -0.666. The summed E-state index contributed by atoms with van der Waals surface area (Å²) in [5, 5.41) is 5.91. The van der Waals surface area contributed by atoms with E-state index in [1.807, 2.05) is 0 Å². The van der Waals surface area contributed by atoms with Crippen LogP contribution in [0, 0.1) is 0 Å². The molecule has 0 unspecified atom stereocenters. The molecule has 104 valence electrons. The van der Waals surface area contributed by atoms with E-state index in [0.29, 0.717) is 5.69 Å². The summed E-state index contributed by atoms with van der Waals surface area (Å²) in [7, 11) is 0. The zero-order valence-corrected chi connectivity index (χ0v) is 10.6. The predicted octanol–water partition coefficient (Wildman–Crippen LogP) is -0.181. The van der Waals surface area contributed by atoms with E-state index in [4.69, 9.17) is 4.52 Å². The monoisotopic (exact) mass is 277 g/mol. The molecule has 0 radical (unpaired) electrons. The molecule has 0 aromatic carbocycles. The fraction of sp³-hybridized carbons (Fsp3) is 0.273. The molecule has 2 rings (SSSR count). The Bertz CT molecular complexity index is 598. The first kappa shape index (κ1) is 13.6. The number of amides is 1. The van der Waals surface area contributed by atoms with Crippen molar-refractivity contribution in [2.75, 3.05) is 13.2 Å². The van der Waals surface area contributed by atoms with E-state index in [1.54, 1.807) is 6.92 Å². The second kappa shape index (κ2) is 6.36. The SMILES string of the molecule is CCOC(=O)CNC(=O)c1nc(-c2cnccn2)no1. The van der Waals surface area contributed by atoms with Gasteiger partial charge in [-0.25, -0.2) is 4.98 Å². The second-order valence-corrected chi connectivity index (χ2v) is 3.50. The number of rotatable bonds is 5. The van der Waals surface area contributed by atoms with Crippen molar-refractivity contribution < 1.29 is 18.8 Å². The Morgan fingerprint density at radius 2 is 2.25 bits per heavy atom. The highest BCUT2D eigenvalue weighted by Gasteiger charge is 2.17. The van der Waals surface area contributed by atoms with Gasteiger partial charge in [-0.15, -0.1) is 0 Å². The maximum Gasteiger partial charge on any atom is 0.325 e. The van der Waals surface area contributed by atoms with Crippen molar-refractivity contribution in [2.45, 2.75) is 6.92 Å². The molecule has 0 atom stereocenters. The Hall–Kier alpha value is -2.84. The fourth-order valence-electron chi connectivity index (χ4n) is 1.27. The van der Waals surface area contributed by atoms with Gasteiger partial charge in [0, 0.05) is 12.4 Å². The van der Waals surface area contributed by atoms with Gasteiger partial charge >= 0.3 is 17.8 Å². The summed E-state index contributed by atoms with van der Waals surface area (Å²) in [6, 6.07) is 0. The average molecular weight is 277 g/mol. The van der Waals surface area contributed by atoms with Crippen molar-refractivity contribution in [3.63, 3.8) is 0 Å².